The number of hydrogen-bond donors (Lipinski definition) is 2. The minimum Gasteiger partial charge on any atom is -0.271 e. The molecule has 0 fully saturated rings. The number of benzene rings is 1. The molecular weight excluding hydrogens is 304 g/mol. The second-order valence-corrected chi connectivity index (χ2v) is 5.60. The molecule has 19 heavy (non-hydrogen) atoms. The predicted octanol–water partition coefficient (Wildman–Crippen LogP) is 2.63. The molecule has 0 radical (unpaired) electrons. The summed E-state index contributed by atoms with van der Waals surface area (Å²) < 4.78 is 2.84. The number of halogens is 1. The summed E-state index contributed by atoms with van der Waals surface area (Å²) >= 11 is 3.52. The Labute approximate surface area is 122 Å². The zero-order chi connectivity index (χ0) is 13.8. The van der Waals surface area contributed by atoms with Gasteiger partial charge in [0.05, 0.1) is 22.4 Å². The molecule has 1 aromatic heterocycles. The van der Waals surface area contributed by atoms with E-state index in [-0.39, 0.29) is 6.04 Å². The van der Waals surface area contributed by atoms with E-state index in [9.17, 15) is 0 Å². The fourth-order valence-electron chi connectivity index (χ4n) is 2.18. The lowest BCUT2D eigenvalue weighted by atomic mass is 10.0. The van der Waals surface area contributed by atoms with Crippen molar-refractivity contribution in [3.05, 3.63) is 51.8 Å². The first-order valence-corrected chi connectivity index (χ1v) is 7.10. The van der Waals surface area contributed by atoms with Crippen LogP contribution in [0.1, 0.15) is 29.3 Å². The van der Waals surface area contributed by atoms with Crippen LogP contribution in [0.2, 0.25) is 0 Å². The smallest absolute Gasteiger partial charge is 0.0705 e. The van der Waals surface area contributed by atoms with E-state index in [2.05, 4.69) is 57.6 Å². The third-order valence-corrected chi connectivity index (χ3v) is 3.92. The third-order valence-electron chi connectivity index (χ3n) is 3.31. The minimum absolute atomic E-state index is 0.0863. The van der Waals surface area contributed by atoms with Crippen LogP contribution in [0.25, 0.3) is 0 Å². The van der Waals surface area contributed by atoms with Gasteiger partial charge in [0.25, 0.3) is 0 Å². The van der Waals surface area contributed by atoms with Crippen molar-refractivity contribution in [1.29, 1.82) is 0 Å². The van der Waals surface area contributed by atoms with E-state index >= 15 is 0 Å². The molecule has 0 saturated carbocycles. The maximum Gasteiger partial charge on any atom is 0.0705 e. The van der Waals surface area contributed by atoms with Gasteiger partial charge in [-0.3, -0.25) is 16.0 Å². The molecule has 0 aliphatic rings. The van der Waals surface area contributed by atoms with Gasteiger partial charge in [0.15, 0.2) is 0 Å². The average Bonchev–Trinajstić information content (AvgIpc) is 2.73. The predicted molar refractivity (Wildman–Crippen MR) is 80.5 cm³/mol. The minimum atomic E-state index is 0.0863. The van der Waals surface area contributed by atoms with Crippen molar-refractivity contribution in [2.45, 2.75) is 25.8 Å². The van der Waals surface area contributed by atoms with Gasteiger partial charge in [-0.05, 0) is 41.3 Å². The molecule has 3 N–H and O–H groups in total. The fourth-order valence-corrected chi connectivity index (χ4v) is 2.80. The largest absolute Gasteiger partial charge is 0.271 e. The van der Waals surface area contributed by atoms with E-state index in [1.165, 1.54) is 11.1 Å². The number of aromatic nitrogens is 2. The monoisotopic (exact) mass is 322 g/mol. The van der Waals surface area contributed by atoms with Gasteiger partial charge in [0.1, 0.15) is 0 Å². The summed E-state index contributed by atoms with van der Waals surface area (Å²) in [6.07, 6.45) is 3.70. The lowest BCUT2D eigenvalue weighted by molar-refractivity contribution is 0.479. The quantitative estimate of drug-likeness (QED) is 0.657. The molecule has 1 atom stereocenters. The first kappa shape index (κ1) is 14.2. The Morgan fingerprint density at radius 3 is 2.58 bits per heavy atom. The van der Waals surface area contributed by atoms with Crippen LogP contribution in [0.15, 0.2) is 34.9 Å². The lowest BCUT2D eigenvalue weighted by Gasteiger charge is -2.17. The van der Waals surface area contributed by atoms with Crippen molar-refractivity contribution in [2.75, 3.05) is 0 Å². The van der Waals surface area contributed by atoms with E-state index in [0.717, 1.165) is 23.0 Å². The second-order valence-electron chi connectivity index (χ2n) is 4.74. The normalized spacial score (nSPS) is 12.6. The van der Waals surface area contributed by atoms with Crippen LogP contribution in [0, 0.1) is 6.92 Å². The highest BCUT2D eigenvalue weighted by atomic mass is 79.9. The molecule has 5 heteroatoms. The van der Waals surface area contributed by atoms with Gasteiger partial charge in [-0.2, -0.15) is 5.10 Å². The Morgan fingerprint density at radius 1 is 1.37 bits per heavy atom. The summed E-state index contributed by atoms with van der Waals surface area (Å²) in [6.45, 7) is 2.10. The molecule has 0 aliphatic carbocycles. The van der Waals surface area contributed by atoms with E-state index in [1.807, 2.05) is 11.7 Å². The lowest BCUT2D eigenvalue weighted by Crippen LogP contribution is -2.30. The van der Waals surface area contributed by atoms with Crippen LogP contribution in [0.3, 0.4) is 0 Å². The Hall–Kier alpha value is -1.17. The molecule has 1 aromatic carbocycles. The average molecular weight is 323 g/mol. The standard InChI is InChI=1S/C14H19BrN4/c1-10-3-5-11(6-4-10)7-8-13(18-16)14-12(15)9-17-19(14)2/h3-6,9,13,18H,7-8,16H2,1-2H3. The van der Waals surface area contributed by atoms with Crippen molar-refractivity contribution in [2.24, 2.45) is 12.9 Å². The molecule has 102 valence electrons. The van der Waals surface area contributed by atoms with Crippen LogP contribution in [-0.2, 0) is 13.5 Å². The van der Waals surface area contributed by atoms with Gasteiger partial charge in [0.2, 0.25) is 0 Å². The van der Waals surface area contributed by atoms with Gasteiger partial charge in [0, 0.05) is 7.05 Å². The molecule has 2 aromatic rings. The van der Waals surface area contributed by atoms with Crippen molar-refractivity contribution in [3.63, 3.8) is 0 Å². The fraction of sp³-hybridized carbons (Fsp3) is 0.357. The topological polar surface area (TPSA) is 55.9 Å². The van der Waals surface area contributed by atoms with E-state index in [0.29, 0.717) is 0 Å². The summed E-state index contributed by atoms with van der Waals surface area (Å²) in [5, 5.41) is 4.23. The molecule has 0 bridgehead atoms. The number of rotatable bonds is 5. The summed E-state index contributed by atoms with van der Waals surface area (Å²) in [5.41, 5.74) is 6.56. The summed E-state index contributed by atoms with van der Waals surface area (Å²) in [5.74, 6) is 5.68. The first-order valence-electron chi connectivity index (χ1n) is 6.31. The van der Waals surface area contributed by atoms with Crippen LogP contribution >= 0.6 is 15.9 Å². The van der Waals surface area contributed by atoms with E-state index in [1.54, 1.807) is 6.20 Å². The van der Waals surface area contributed by atoms with Gasteiger partial charge in [-0.1, -0.05) is 29.8 Å². The Kier molecular flexibility index (Phi) is 4.74. The van der Waals surface area contributed by atoms with Crippen molar-refractivity contribution in [3.8, 4) is 0 Å². The number of nitrogens with two attached hydrogens (primary N) is 1. The van der Waals surface area contributed by atoms with Crippen molar-refractivity contribution in [1.82, 2.24) is 15.2 Å². The Morgan fingerprint density at radius 2 is 2.05 bits per heavy atom. The number of nitrogens with one attached hydrogen (secondary N) is 1. The number of nitrogens with zero attached hydrogens (tertiary/aromatic N) is 2. The molecule has 1 unspecified atom stereocenters. The Bertz CT molecular complexity index is 513. The molecule has 4 nitrogen and oxygen atoms in total. The van der Waals surface area contributed by atoms with E-state index < -0.39 is 0 Å². The SMILES string of the molecule is Cc1ccc(CCC(NN)c2c(Br)cnn2C)cc1. The van der Waals surface area contributed by atoms with Gasteiger partial charge in [-0.15, -0.1) is 0 Å². The molecule has 0 amide bonds. The molecule has 0 saturated heterocycles. The van der Waals surface area contributed by atoms with Crippen LogP contribution < -0.4 is 11.3 Å². The second kappa shape index (κ2) is 6.32. The van der Waals surface area contributed by atoms with Gasteiger partial charge >= 0.3 is 0 Å². The van der Waals surface area contributed by atoms with Crippen LogP contribution in [-0.4, -0.2) is 9.78 Å². The third kappa shape index (κ3) is 3.43. The van der Waals surface area contributed by atoms with Crippen molar-refractivity contribution < 1.29 is 0 Å². The number of hydrazine groups is 1. The summed E-state index contributed by atoms with van der Waals surface area (Å²) in [6, 6.07) is 8.70. The van der Waals surface area contributed by atoms with Crippen LogP contribution in [0.4, 0.5) is 0 Å². The highest BCUT2D eigenvalue weighted by Crippen LogP contribution is 2.25. The number of hydrogen-bond acceptors (Lipinski definition) is 3. The maximum atomic E-state index is 5.68. The summed E-state index contributed by atoms with van der Waals surface area (Å²) in [7, 11) is 1.93. The van der Waals surface area contributed by atoms with E-state index in [4.69, 9.17) is 5.84 Å². The highest BCUT2D eigenvalue weighted by Gasteiger charge is 2.17. The van der Waals surface area contributed by atoms with Gasteiger partial charge < -0.3 is 0 Å². The zero-order valence-electron chi connectivity index (χ0n) is 11.2. The molecular formula is C14H19BrN4. The van der Waals surface area contributed by atoms with Crippen LogP contribution in [0.5, 0.6) is 0 Å². The van der Waals surface area contributed by atoms with Gasteiger partial charge in [-0.25, -0.2) is 0 Å². The number of aryl methyl sites for hydroxylation is 3. The molecule has 2 rings (SSSR count). The maximum absolute atomic E-state index is 5.68. The van der Waals surface area contributed by atoms with Crippen molar-refractivity contribution >= 4 is 15.9 Å². The molecule has 0 aliphatic heterocycles. The molecule has 1 heterocycles. The summed E-state index contributed by atoms with van der Waals surface area (Å²) in [4.78, 5) is 0. The Balaban J connectivity index is 2.06. The molecule has 0 spiro atoms. The first-order chi connectivity index (χ1) is 9.11. The zero-order valence-corrected chi connectivity index (χ0v) is 12.8. The highest BCUT2D eigenvalue weighted by molar-refractivity contribution is 9.10.